The zero-order chi connectivity index (χ0) is 9.14. The summed E-state index contributed by atoms with van der Waals surface area (Å²) >= 11 is 6.29. The number of esters is 1. The maximum Gasteiger partial charge on any atom is 0.348 e. The molecule has 0 saturated heterocycles. The van der Waals surface area contributed by atoms with Gasteiger partial charge in [-0.25, -0.2) is 9.18 Å². The van der Waals surface area contributed by atoms with Crippen molar-refractivity contribution < 1.29 is 13.9 Å². The van der Waals surface area contributed by atoms with Crippen LogP contribution in [0.4, 0.5) is 4.39 Å². The second kappa shape index (κ2) is 3.87. The maximum absolute atomic E-state index is 12.6. The summed E-state index contributed by atoms with van der Waals surface area (Å²) in [6.07, 6.45) is 0. The highest BCUT2D eigenvalue weighted by Gasteiger charge is 2.13. The molecule has 1 rings (SSSR count). The molecule has 0 spiro atoms. The molecule has 0 radical (unpaired) electrons. The summed E-state index contributed by atoms with van der Waals surface area (Å²) in [6, 6.07) is 1.07. The Hall–Kier alpha value is -0.610. The Morgan fingerprint density at radius 3 is 2.92 bits per heavy atom. The van der Waals surface area contributed by atoms with Crippen molar-refractivity contribution in [3.05, 3.63) is 21.1 Å². The van der Waals surface area contributed by atoms with Crippen LogP contribution in [-0.2, 0) is 4.74 Å². The average molecular weight is 209 g/mol. The molecule has 0 aliphatic rings. The molecular weight excluding hydrogens is 203 g/mol. The van der Waals surface area contributed by atoms with Gasteiger partial charge < -0.3 is 4.74 Å². The van der Waals surface area contributed by atoms with Gasteiger partial charge in [-0.2, -0.15) is 0 Å². The fourth-order valence-corrected chi connectivity index (χ4v) is 1.61. The van der Waals surface area contributed by atoms with Gasteiger partial charge in [-0.3, -0.25) is 0 Å². The Balaban J connectivity index is 2.82. The summed E-state index contributed by atoms with van der Waals surface area (Å²) in [7, 11) is 0. The van der Waals surface area contributed by atoms with Crippen molar-refractivity contribution in [2.75, 3.05) is 6.61 Å². The standard InChI is InChI=1S/C7H6ClFO2S/c1-2-11-7(10)5-3-4(9)6(8)12-5/h3H,2H2,1H3. The third-order valence-corrected chi connectivity index (χ3v) is 2.41. The van der Waals surface area contributed by atoms with Crippen molar-refractivity contribution in [3.8, 4) is 0 Å². The molecule has 0 bridgehead atoms. The van der Waals surface area contributed by atoms with Crippen LogP contribution in [0.15, 0.2) is 6.07 Å². The number of thiophene rings is 1. The quantitative estimate of drug-likeness (QED) is 0.699. The number of ether oxygens (including phenoxy) is 1. The molecule has 5 heteroatoms. The lowest BCUT2D eigenvalue weighted by molar-refractivity contribution is 0.0532. The molecule has 0 saturated carbocycles. The lowest BCUT2D eigenvalue weighted by Crippen LogP contribution is -2.01. The van der Waals surface area contributed by atoms with E-state index in [9.17, 15) is 9.18 Å². The molecule has 0 atom stereocenters. The summed E-state index contributed by atoms with van der Waals surface area (Å²) in [4.78, 5) is 11.2. The van der Waals surface area contributed by atoms with E-state index in [1.165, 1.54) is 0 Å². The van der Waals surface area contributed by atoms with E-state index < -0.39 is 11.8 Å². The minimum Gasteiger partial charge on any atom is -0.462 e. The first-order valence-corrected chi connectivity index (χ1v) is 4.46. The Labute approximate surface area is 77.9 Å². The van der Waals surface area contributed by atoms with E-state index in [2.05, 4.69) is 4.74 Å². The zero-order valence-corrected chi connectivity index (χ0v) is 7.84. The molecule has 12 heavy (non-hydrogen) atoms. The molecule has 0 fully saturated rings. The van der Waals surface area contributed by atoms with Crippen LogP contribution in [0, 0.1) is 5.82 Å². The van der Waals surface area contributed by atoms with E-state index in [4.69, 9.17) is 11.6 Å². The topological polar surface area (TPSA) is 26.3 Å². The first-order chi connectivity index (χ1) is 5.65. The van der Waals surface area contributed by atoms with E-state index in [1.54, 1.807) is 6.92 Å². The van der Waals surface area contributed by atoms with Gasteiger partial charge in [-0.15, -0.1) is 11.3 Å². The molecular formula is C7H6ClFO2S. The second-order valence-corrected chi connectivity index (χ2v) is 3.61. The van der Waals surface area contributed by atoms with Gasteiger partial charge in [0.15, 0.2) is 5.82 Å². The number of hydrogen-bond acceptors (Lipinski definition) is 3. The third kappa shape index (κ3) is 1.95. The third-order valence-electron chi connectivity index (χ3n) is 1.12. The van der Waals surface area contributed by atoms with Gasteiger partial charge in [-0.1, -0.05) is 11.6 Å². The summed E-state index contributed by atoms with van der Waals surface area (Å²) in [5, 5.41) is 0. The highest BCUT2D eigenvalue weighted by molar-refractivity contribution is 7.17. The van der Waals surface area contributed by atoms with Crippen LogP contribution in [0.1, 0.15) is 16.6 Å². The van der Waals surface area contributed by atoms with Crippen LogP contribution in [0.2, 0.25) is 4.34 Å². The first-order valence-electron chi connectivity index (χ1n) is 3.27. The summed E-state index contributed by atoms with van der Waals surface area (Å²) in [5.74, 6) is -1.11. The molecule has 0 aliphatic heterocycles. The van der Waals surface area contributed by atoms with Crippen LogP contribution in [0.5, 0.6) is 0 Å². The highest BCUT2D eigenvalue weighted by atomic mass is 35.5. The fraction of sp³-hybridized carbons (Fsp3) is 0.286. The molecule has 1 heterocycles. The molecule has 66 valence electrons. The molecule has 0 N–H and O–H groups in total. The predicted octanol–water partition coefficient (Wildman–Crippen LogP) is 2.72. The van der Waals surface area contributed by atoms with Crippen molar-refractivity contribution in [1.82, 2.24) is 0 Å². The van der Waals surface area contributed by atoms with Crippen LogP contribution in [-0.4, -0.2) is 12.6 Å². The average Bonchev–Trinajstić information content (AvgIpc) is 2.33. The first kappa shape index (κ1) is 9.48. The molecule has 0 amide bonds. The molecule has 0 aromatic carbocycles. The molecule has 0 unspecified atom stereocenters. The lowest BCUT2D eigenvalue weighted by atomic mass is 10.5. The molecule has 1 aromatic rings. The van der Waals surface area contributed by atoms with Crippen molar-refractivity contribution in [1.29, 1.82) is 0 Å². The summed E-state index contributed by atoms with van der Waals surface area (Å²) in [5.41, 5.74) is 0. The van der Waals surface area contributed by atoms with E-state index in [1.807, 2.05) is 0 Å². The summed E-state index contributed by atoms with van der Waals surface area (Å²) < 4.78 is 17.2. The fourth-order valence-electron chi connectivity index (χ4n) is 0.649. The van der Waals surface area contributed by atoms with Gasteiger partial charge >= 0.3 is 5.97 Å². The van der Waals surface area contributed by atoms with E-state index in [-0.39, 0.29) is 15.8 Å². The molecule has 0 aliphatic carbocycles. The van der Waals surface area contributed by atoms with Crippen LogP contribution < -0.4 is 0 Å². The van der Waals surface area contributed by atoms with Crippen molar-refractivity contribution in [2.45, 2.75) is 6.92 Å². The largest absolute Gasteiger partial charge is 0.462 e. The number of rotatable bonds is 2. The van der Waals surface area contributed by atoms with Gasteiger partial charge in [0.2, 0.25) is 0 Å². The van der Waals surface area contributed by atoms with Crippen molar-refractivity contribution in [3.63, 3.8) is 0 Å². The number of carbonyl (C=O) groups excluding carboxylic acids is 1. The minimum absolute atomic E-state index is 0.0157. The maximum atomic E-state index is 12.6. The van der Waals surface area contributed by atoms with E-state index >= 15 is 0 Å². The van der Waals surface area contributed by atoms with E-state index in [0.29, 0.717) is 0 Å². The number of carbonyl (C=O) groups is 1. The monoisotopic (exact) mass is 208 g/mol. The van der Waals surface area contributed by atoms with Crippen molar-refractivity contribution in [2.24, 2.45) is 0 Å². The Morgan fingerprint density at radius 2 is 2.50 bits per heavy atom. The zero-order valence-electron chi connectivity index (χ0n) is 6.27. The van der Waals surface area contributed by atoms with Gasteiger partial charge in [0.05, 0.1) is 6.61 Å². The van der Waals surface area contributed by atoms with E-state index in [0.717, 1.165) is 17.4 Å². The lowest BCUT2D eigenvalue weighted by Gasteiger charge is -1.95. The predicted molar refractivity (Wildman–Crippen MR) is 45.2 cm³/mol. The Kier molecular flexibility index (Phi) is 3.05. The SMILES string of the molecule is CCOC(=O)c1cc(F)c(Cl)s1. The van der Waals surface area contributed by atoms with Gasteiger partial charge in [0.25, 0.3) is 0 Å². The normalized spacial score (nSPS) is 9.92. The Morgan fingerprint density at radius 1 is 1.83 bits per heavy atom. The molecule has 2 nitrogen and oxygen atoms in total. The van der Waals surface area contributed by atoms with Gasteiger partial charge in [0.1, 0.15) is 9.21 Å². The van der Waals surface area contributed by atoms with Crippen molar-refractivity contribution >= 4 is 28.9 Å². The number of hydrogen-bond donors (Lipinski definition) is 0. The minimum atomic E-state index is -0.579. The highest BCUT2D eigenvalue weighted by Crippen LogP contribution is 2.26. The number of halogens is 2. The van der Waals surface area contributed by atoms with Gasteiger partial charge in [0, 0.05) is 6.07 Å². The molecule has 1 aromatic heterocycles. The Bertz CT molecular complexity index is 278. The van der Waals surface area contributed by atoms with Gasteiger partial charge in [-0.05, 0) is 6.92 Å². The summed E-state index contributed by atoms with van der Waals surface area (Å²) in [6.45, 7) is 1.96. The second-order valence-electron chi connectivity index (χ2n) is 1.95. The van der Waals surface area contributed by atoms with Crippen LogP contribution in [0.3, 0.4) is 0 Å². The van der Waals surface area contributed by atoms with Crippen LogP contribution >= 0.6 is 22.9 Å². The smallest absolute Gasteiger partial charge is 0.348 e. The van der Waals surface area contributed by atoms with Crippen LogP contribution in [0.25, 0.3) is 0 Å².